The number of nitrogens with one attached hydrogen (secondary N) is 1. The number of carboxylic acid groups (broad SMARTS) is 1. The van der Waals surface area contributed by atoms with Gasteiger partial charge in [0.25, 0.3) is 5.91 Å². The minimum atomic E-state index is -1.12. The molecule has 0 atom stereocenters. The third-order valence-corrected chi connectivity index (χ3v) is 3.26. The van der Waals surface area contributed by atoms with E-state index < -0.39 is 11.9 Å². The van der Waals surface area contributed by atoms with E-state index in [-0.39, 0.29) is 40.7 Å². The zero-order chi connectivity index (χ0) is 15.6. The van der Waals surface area contributed by atoms with Crippen LogP contribution in [0, 0.1) is 0 Å². The third-order valence-electron chi connectivity index (χ3n) is 2.93. The predicted octanol–water partition coefficient (Wildman–Crippen LogP) is 1.58. The fourth-order valence-electron chi connectivity index (χ4n) is 1.78. The lowest BCUT2D eigenvalue weighted by atomic mass is 10.1. The number of carbonyl (C=O) groups excluding carboxylic acids is 2. The van der Waals surface area contributed by atoms with Gasteiger partial charge < -0.3 is 10.4 Å². The first-order chi connectivity index (χ1) is 9.88. The summed E-state index contributed by atoms with van der Waals surface area (Å²) in [7, 11) is 1.47. The fraction of sp³-hybridized carbons (Fsp3) is 0.231. The van der Waals surface area contributed by atoms with Crippen LogP contribution in [-0.2, 0) is 9.59 Å². The summed E-state index contributed by atoms with van der Waals surface area (Å²) in [6.45, 7) is 0. The normalized spacial score (nSPS) is 14.7. The summed E-state index contributed by atoms with van der Waals surface area (Å²) in [5, 5.41) is 16.6. The molecule has 2 rings (SSSR count). The van der Waals surface area contributed by atoms with Gasteiger partial charge in [-0.3, -0.25) is 9.59 Å². The Kier molecular flexibility index (Phi) is 4.23. The number of carboxylic acids is 1. The average molecular weight is 310 g/mol. The average Bonchev–Trinajstić information content (AvgIpc) is 2.43. The van der Waals surface area contributed by atoms with Crippen molar-refractivity contribution in [3.05, 3.63) is 28.8 Å². The van der Waals surface area contributed by atoms with Crippen LogP contribution in [-0.4, -0.2) is 40.7 Å². The van der Waals surface area contributed by atoms with Crippen molar-refractivity contribution in [1.29, 1.82) is 0 Å². The van der Waals surface area contributed by atoms with Gasteiger partial charge in [0.1, 0.15) is 5.71 Å². The number of benzene rings is 1. The van der Waals surface area contributed by atoms with Crippen molar-refractivity contribution in [2.24, 2.45) is 5.10 Å². The molecule has 0 radical (unpaired) electrons. The molecule has 1 aromatic rings. The van der Waals surface area contributed by atoms with Gasteiger partial charge in [0, 0.05) is 19.9 Å². The Morgan fingerprint density at radius 2 is 2.10 bits per heavy atom. The molecule has 2 N–H and O–H groups in total. The molecular weight excluding hydrogens is 298 g/mol. The molecule has 0 aliphatic carbocycles. The van der Waals surface area contributed by atoms with Crippen LogP contribution in [0.3, 0.4) is 0 Å². The van der Waals surface area contributed by atoms with E-state index in [0.717, 1.165) is 5.01 Å². The summed E-state index contributed by atoms with van der Waals surface area (Å²) in [5.41, 5.74) is 0.380. The first kappa shape index (κ1) is 15.0. The van der Waals surface area contributed by atoms with Crippen LogP contribution in [0.25, 0.3) is 0 Å². The second-order valence-electron chi connectivity index (χ2n) is 4.42. The van der Waals surface area contributed by atoms with Gasteiger partial charge in [-0.1, -0.05) is 11.6 Å². The molecular formula is C13H12ClN3O4. The van der Waals surface area contributed by atoms with Crippen molar-refractivity contribution in [1.82, 2.24) is 5.01 Å². The quantitative estimate of drug-likeness (QED) is 0.885. The standard InChI is InChI=1S/C13H12ClN3O4/c1-17-11(18)5-4-9(16-17)12(19)15-10-6-7(13(20)21)2-3-8(10)14/h2-3,6H,4-5H2,1H3,(H,15,19)(H,20,21). The lowest BCUT2D eigenvalue weighted by Crippen LogP contribution is -2.34. The van der Waals surface area contributed by atoms with Gasteiger partial charge in [-0.05, 0) is 18.2 Å². The van der Waals surface area contributed by atoms with E-state index in [0.29, 0.717) is 0 Å². The van der Waals surface area contributed by atoms with E-state index in [1.54, 1.807) is 0 Å². The molecule has 7 nitrogen and oxygen atoms in total. The zero-order valence-electron chi connectivity index (χ0n) is 11.1. The number of aromatic carboxylic acids is 1. The number of rotatable bonds is 3. The van der Waals surface area contributed by atoms with Crippen LogP contribution in [0.15, 0.2) is 23.3 Å². The van der Waals surface area contributed by atoms with Crippen LogP contribution >= 0.6 is 11.6 Å². The topological polar surface area (TPSA) is 99.1 Å². The van der Waals surface area contributed by atoms with E-state index in [9.17, 15) is 14.4 Å². The minimum Gasteiger partial charge on any atom is -0.478 e. The molecule has 2 amide bonds. The molecule has 0 saturated carbocycles. The maximum absolute atomic E-state index is 12.1. The number of hydrogen-bond acceptors (Lipinski definition) is 4. The number of anilines is 1. The molecule has 1 aromatic carbocycles. The first-order valence-electron chi connectivity index (χ1n) is 6.06. The summed E-state index contributed by atoms with van der Waals surface area (Å²) in [4.78, 5) is 34.3. The molecule has 0 unspecified atom stereocenters. The lowest BCUT2D eigenvalue weighted by molar-refractivity contribution is -0.130. The van der Waals surface area contributed by atoms with Gasteiger partial charge in [0.05, 0.1) is 16.3 Å². The summed E-state index contributed by atoms with van der Waals surface area (Å²) in [5.74, 6) is -1.81. The predicted molar refractivity (Wildman–Crippen MR) is 76.5 cm³/mol. The highest BCUT2D eigenvalue weighted by atomic mass is 35.5. The zero-order valence-corrected chi connectivity index (χ0v) is 11.8. The SMILES string of the molecule is CN1N=C(C(=O)Nc2cc(C(=O)O)ccc2Cl)CCC1=O. The molecule has 8 heteroatoms. The third kappa shape index (κ3) is 3.38. The van der Waals surface area contributed by atoms with Crippen molar-refractivity contribution in [3.63, 3.8) is 0 Å². The Morgan fingerprint density at radius 3 is 2.71 bits per heavy atom. The molecule has 1 aliphatic heterocycles. The van der Waals surface area contributed by atoms with Gasteiger partial charge in [-0.2, -0.15) is 5.10 Å². The molecule has 0 spiro atoms. The molecule has 110 valence electrons. The second-order valence-corrected chi connectivity index (χ2v) is 4.83. The number of carbonyl (C=O) groups is 3. The molecule has 0 fully saturated rings. The van der Waals surface area contributed by atoms with Gasteiger partial charge in [-0.15, -0.1) is 0 Å². The van der Waals surface area contributed by atoms with Gasteiger partial charge in [0.2, 0.25) is 5.91 Å². The Labute approximate surface area is 125 Å². The second kappa shape index (κ2) is 5.92. The van der Waals surface area contributed by atoms with Gasteiger partial charge >= 0.3 is 5.97 Å². The van der Waals surface area contributed by atoms with Crippen LogP contribution in [0.2, 0.25) is 5.02 Å². The van der Waals surface area contributed by atoms with E-state index in [4.69, 9.17) is 16.7 Å². The number of nitrogens with zero attached hydrogens (tertiary/aromatic N) is 2. The monoisotopic (exact) mass is 309 g/mol. The van der Waals surface area contributed by atoms with Crippen LogP contribution in [0.5, 0.6) is 0 Å². The largest absolute Gasteiger partial charge is 0.478 e. The van der Waals surface area contributed by atoms with Crippen molar-refractivity contribution < 1.29 is 19.5 Å². The smallest absolute Gasteiger partial charge is 0.335 e. The van der Waals surface area contributed by atoms with Crippen LogP contribution in [0.1, 0.15) is 23.2 Å². The van der Waals surface area contributed by atoms with E-state index in [1.165, 1.54) is 25.2 Å². The highest BCUT2D eigenvalue weighted by Crippen LogP contribution is 2.23. The molecule has 21 heavy (non-hydrogen) atoms. The highest BCUT2D eigenvalue weighted by molar-refractivity contribution is 6.44. The Hall–Kier alpha value is -2.41. The number of halogens is 1. The molecule has 0 aromatic heterocycles. The fourth-order valence-corrected chi connectivity index (χ4v) is 1.95. The van der Waals surface area contributed by atoms with Crippen LogP contribution < -0.4 is 5.32 Å². The Bertz CT molecular complexity index is 657. The molecule has 0 bridgehead atoms. The van der Waals surface area contributed by atoms with E-state index >= 15 is 0 Å². The lowest BCUT2D eigenvalue weighted by Gasteiger charge is -2.19. The number of hydrogen-bond donors (Lipinski definition) is 2. The Morgan fingerprint density at radius 1 is 1.38 bits per heavy atom. The number of hydrazone groups is 1. The summed E-state index contributed by atoms with van der Waals surface area (Å²) in [6.07, 6.45) is 0.427. The molecule has 0 saturated heterocycles. The van der Waals surface area contributed by atoms with E-state index in [1.807, 2.05) is 0 Å². The van der Waals surface area contributed by atoms with Gasteiger partial charge in [-0.25, -0.2) is 9.80 Å². The van der Waals surface area contributed by atoms with Crippen molar-refractivity contribution in [3.8, 4) is 0 Å². The van der Waals surface area contributed by atoms with Gasteiger partial charge in [0.15, 0.2) is 0 Å². The van der Waals surface area contributed by atoms with Crippen molar-refractivity contribution in [2.75, 3.05) is 12.4 Å². The van der Waals surface area contributed by atoms with Crippen LogP contribution in [0.4, 0.5) is 5.69 Å². The summed E-state index contributed by atoms with van der Waals surface area (Å²) < 4.78 is 0. The summed E-state index contributed by atoms with van der Waals surface area (Å²) in [6, 6.07) is 3.99. The number of amides is 2. The minimum absolute atomic E-state index is 0.00702. The first-order valence-corrected chi connectivity index (χ1v) is 6.44. The maximum atomic E-state index is 12.1. The van der Waals surface area contributed by atoms with Crippen molar-refractivity contribution in [2.45, 2.75) is 12.8 Å². The van der Waals surface area contributed by atoms with Crippen molar-refractivity contribution >= 4 is 40.8 Å². The molecule has 1 heterocycles. The van der Waals surface area contributed by atoms with E-state index in [2.05, 4.69) is 10.4 Å². The molecule has 1 aliphatic rings. The summed E-state index contributed by atoms with van der Waals surface area (Å²) >= 11 is 5.92. The maximum Gasteiger partial charge on any atom is 0.335 e. The highest BCUT2D eigenvalue weighted by Gasteiger charge is 2.22. The Balaban J connectivity index is 2.20.